The Bertz CT molecular complexity index is 855. The standard InChI is InChI=1S/C24H26O4/c1-3-17(15-16-11-7-5-8-12-16)23-22(26)21(25)20(24(27)28-23)19(4-2)18-13-9-6-10-14-18/h5-14,17,19,23,25H,3-4,15H2,1-2H3. The van der Waals surface area contributed by atoms with Gasteiger partial charge in [0.1, 0.15) is 0 Å². The minimum atomic E-state index is -0.949. The van der Waals surface area contributed by atoms with Crippen LogP contribution in [0.5, 0.6) is 0 Å². The molecule has 1 heterocycles. The van der Waals surface area contributed by atoms with Gasteiger partial charge in [-0.25, -0.2) is 4.79 Å². The van der Waals surface area contributed by atoms with E-state index in [1.807, 2.05) is 74.5 Å². The Balaban J connectivity index is 1.90. The molecule has 0 radical (unpaired) electrons. The average Bonchev–Trinajstić information content (AvgIpc) is 2.73. The third-order valence-corrected chi connectivity index (χ3v) is 5.45. The van der Waals surface area contributed by atoms with E-state index in [1.54, 1.807) is 0 Å². The quantitative estimate of drug-likeness (QED) is 0.706. The Morgan fingerprint density at radius 3 is 2.11 bits per heavy atom. The molecule has 0 aliphatic carbocycles. The molecule has 3 rings (SSSR count). The summed E-state index contributed by atoms with van der Waals surface area (Å²) in [4.78, 5) is 25.8. The maximum absolute atomic E-state index is 12.9. The average molecular weight is 378 g/mol. The van der Waals surface area contributed by atoms with Crippen molar-refractivity contribution in [2.45, 2.75) is 45.1 Å². The van der Waals surface area contributed by atoms with Gasteiger partial charge in [0.25, 0.3) is 0 Å². The summed E-state index contributed by atoms with van der Waals surface area (Å²) in [6.45, 7) is 3.88. The number of cyclic esters (lactones) is 1. The maximum atomic E-state index is 12.9. The highest BCUT2D eigenvalue weighted by atomic mass is 16.6. The maximum Gasteiger partial charge on any atom is 0.339 e. The normalized spacial score (nSPS) is 19.3. The molecule has 0 saturated heterocycles. The smallest absolute Gasteiger partial charge is 0.339 e. The lowest BCUT2D eigenvalue weighted by atomic mass is 9.82. The largest absolute Gasteiger partial charge is 0.504 e. The number of Topliss-reactive ketones (excluding diaryl/α,β-unsaturated/α-hetero) is 1. The van der Waals surface area contributed by atoms with Gasteiger partial charge in [0.2, 0.25) is 5.78 Å². The lowest BCUT2D eigenvalue weighted by molar-refractivity contribution is -0.158. The van der Waals surface area contributed by atoms with Crippen molar-refractivity contribution in [3.8, 4) is 0 Å². The van der Waals surface area contributed by atoms with Crippen LogP contribution in [0.1, 0.15) is 43.7 Å². The number of carbonyl (C=O) groups excluding carboxylic acids is 2. The molecule has 0 amide bonds. The minimum Gasteiger partial charge on any atom is -0.504 e. The zero-order valence-corrected chi connectivity index (χ0v) is 16.3. The van der Waals surface area contributed by atoms with Gasteiger partial charge in [0.05, 0.1) is 5.57 Å². The van der Waals surface area contributed by atoms with Gasteiger partial charge < -0.3 is 9.84 Å². The van der Waals surface area contributed by atoms with Crippen LogP contribution in [-0.4, -0.2) is 23.0 Å². The number of carbonyl (C=O) groups is 2. The van der Waals surface area contributed by atoms with E-state index in [0.29, 0.717) is 19.3 Å². The number of rotatable bonds is 7. The van der Waals surface area contributed by atoms with Gasteiger partial charge in [-0.05, 0) is 30.4 Å². The van der Waals surface area contributed by atoms with Crippen molar-refractivity contribution >= 4 is 11.8 Å². The van der Waals surface area contributed by atoms with Gasteiger partial charge in [-0.2, -0.15) is 0 Å². The lowest BCUT2D eigenvalue weighted by Gasteiger charge is -2.31. The van der Waals surface area contributed by atoms with E-state index in [-0.39, 0.29) is 17.4 Å². The Morgan fingerprint density at radius 2 is 1.54 bits per heavy atom. The molecule has 0 fully saturated rings. The van der Waals surface area contributed by atoms with Gasteiger partial charge >= 0.3 is 5.97 Å². The van der Waals surface area contributed by atoms with Gasteiger partial charge in [0, 0.05) is 11.8 Å². The summed E-state index contributed by atoms with van der Waals surface area (Å²) in [6.07, 6.45) is 0.906. The molecule has 146 valence electrons. The molecule has 0 spiro atoms. The zero-order chi connectivity index (χ0) is 20.1. The second kappa shape index (κ2) is 8.87. The molecule has 3 atom stereocenters. The fraction of sp³-hybridized carbons (Fsp3) is 0.333. The van der Waals surface area contributed by atoms with Gasteiger partial charge in [-0.1, -0.05) is 74.5 Å². The number of ketones is 1. The van der Waals surface area contributed by atoms with E-state index in [1.165, 1.54) is 0 Å². The molecular weight excluding hydrogens is 352 g/mol. The first-order valence-corrected chi connectivity index (χ1v) is 9.83. The van der Waals surface area contributed by atoms with Crippen molar-refractivity contribution in [3.05, 3.63) is 83.1 Å². The number of ether oxygens (including phenoxy) is 1. The number of aliphatic hydroxyl groups is 1. The van der Waals surface area contributed by atoms with Crippen molar-refractivity contribution in [1.82, 2.24) is 0 Å². The van der Waals surface area contributed by atoms with Crippen LogP contribution in [0.2, 0.25) is 0 Å². The van der Waals surface area contributed by atoms with Crippen LogP contribution in [0.25, 0.3) is 0 Å². The van der Waals surface area contributed by atoms with Crippen LogP contribution in [0.3, 0.4) is 0 Å². The van der Waals surface area contributed by atoms with E-state index in [2.05, 4.69) is 0 Å². The molecular formula is C24H26O4. The van der Waals surface area contributed by atoms with Crippen LogP contribution >= 0.6 is 0 Å². The minimum absolute atomic E-state index is 0.0736. The number of aliphatic hydroxyl groups excluding tert-OH is 1. The van der Waals surface area contributed by atoms with Crippen LogP contribution in [0, 0.1) is 5.92 Å². The second-order valence-electron chi connectivity index (χ2n) is 7.18. The molecule has 0 aromatic heterocycles. The van der Waals surface area contributed by atoms with Crippen molar-refractivity contribution in [3.63, 3.8) is 0 Å². The molecule has 2 aromatic rings. The molecule has 1 aliphatic heterocycles. The van der Waals surface area contributed by atoms with E-state index in [4.69, 9.17) is 4.74 Å². The van der Waals surface area contributed by atoms with Crippen LogP contribution in [-0.2, 0) is 20.7 Å². The number of hydrogen-bond acceptors (Lipinski definition) is 4. The first-order chi connectivity index (χ1) is 13.6. The molecule has 2 aromatic carbocycles. The number of hydrogen-bond donors (Lipinski definition) is 1. The van der Waals surface area contributed by atoms with Crippen LogP contribution in [0.15, 0.2) is 72.0 Å². The molecule has 0 bridgehead atoms. The van der Waals surface area contributed by atoms with Crippen molar-refractivity contribution in [2.75, 3.05) is 0 Å². The lowest BCUT2D eigenvalue weighted by Crippen LogP contribution is -2.42. The second-order valence-corrected chi connectivity index (χ2v) is 7.18. The van der Waals surface area contributed by atoms with Gasteiger partial charge in [-0.3, -0.25) is 4.79 Å². The van der Waals surface area contributed by atoms with Crippen molar-refractivity contribution < 1.29 is 19.4 Å². The molecule has 1 aliphatic rings. The molecule has 4 nitrogen and oxygen atoms in total. The molecule has 3 unspecified atom stereocenters. The molecule has 0 saturated carbocycles. The Labute approximate surface area is 165 Å². The summed E-state index contributed by atoms with van der Waals surface area (Å²) in [5, 5.41) is 10.7. The molecule has 1 N–H and O–H groups in total. The van der Waals surface area contributed by atoms with E-state index in [0.717, 1.165) is 11.1 Å². The summed E-state index contributed by atoms with van der Waals surface area (Å²) in [7, 11) is 0. The number of benzene rings is 2. The third kappa shape index (κ3) is 4.01. The van der Waals surface area contributed by atoms with Gasteiger partial charge in [0.15, 0.2) is 11.9 Å². The monoisotopic (exact) mass is 378 g/mol. The fourth-order valence-corrected chi connectivity index (χ4v) is 3.89. The topological polar surface area (TPSA) is 63.6 Å². The van der Waals surface area contributed by atoms with Crippen molar-refractivity contribution in [1.29, 1.82) is 0 Å². The van der Waals surface area contributed by atoms with Crippen LogP contribution in [0.4, 0.5) is 0 Å². The van der Waals surface area contributed by atoms with Crippen LogP contribution < -0.4 is 0 Å². The highest BCUT2D eigenvalue weighted by molar-refractivity contribution is 6.09. The predicted molar refractivity (Wildman–Crippen MR) is 108 cm³/mol. The predicted octanol–water partition coefficient (Wildman–Crippen LogP) is 4.76. The molecule has 28 heavy (non-hydrogen) atoms. The SMILES string of the molecule is CCC(C1=C(O)C(=O)C(C(CC)Cc2ccccc2)OC1=O)c1ccccc1. The van der Waals surface area contributed by atoms with Gasteiger partial charge in [-0.15, -0.1) is 0 Å². The highest BCUT2D eigenvalue weighted by Crippen LogP contribution is 2.35. The Hall–Kier alpha value is -2.88. The fourth-order valence-electron chi connectivity index (χ4n) is 3.89. The number of esters is 1. The Morgan fingerprint density at radius 1 is 0.929 bits per heavy atom. The summed E-state index contributed by atoms with van der Waals surface area (Å²) >= 11 is 0. The van der Waals surface area contributed by atoms with E-state index in [9.17, 15) is 14.7 Å². The summed E-state index contributed by atoms with van der Waals surface area (Å²) in [5.74, 6) is -2.08. The molecule has 4 heteroatoms. The first-order valence-electron chi connectivity index (χ1n) is 9.83. The summed E-state index contributed by atoms with van der Waals surface area (Å²) in [6, 6.07) is 19.2. The first kappa shape index (κ1) is 19.9. The summed E-state index contributed by atoms with van der Waals surface area (Å²) < 4.78 is 5.60. The highest BCUT2D eigenvalue weighted by Gasteiger charge is 2.42. The van der Waals surface area contributed by atoms with E-state index < -0.39 is 23.6 Å². The van der Waals surface area contributed by atoms with E-state index >= 15 is 0 Å². The van der Waals surface area contributed by atoms with Crippen molar-refractivity contribution in [2.24, 2.45) is 5.92 Å². The summed E-state index contributed by atoms with van der Waals surface area (Å²) in [5.41, 5.74) is 2.03. The zero-order valence-electron chi connectivity index (χ0n) is 16.3. The third-order valence-electron chi connectivity index (χ3n) is 5.45. The Kier molecular flexibility index (Phi) is 6.30.